The number of carbonyl (C=O) groups excluding carboxylic acids is 1. The van der Waals surface area contributed by atoms with Crippen molar-refractivity contribution in [1.29, 1.82) is 0 Å². The van der Waals surface area contributed by atoms with E-state index in [4.69, 9.17) is 4.43 Å². The molecule has 0 bridgehead atoms. The number of carbonyl (C=O) groups is 1. The minimum absolute atomic E-state index is 0.268. The Bertz CT molecular complexity index is 200. The summed E-state index contributed by atoms with van der Waals surface area (Å²) >= 11 is 0. The molecule has 0 rings (SSSR count). The highest BCUT2D eigenvalue weighted by molar-refractivity contribution is 6.32. The number of rotatable bonds is 8. The molecule has 0 saturated heterocycles. The van der Waals surface area contributed by atoms with Crippen molar-refractivity contribution in [3.05, 3.63) is 13.2 Å². The van der Waals surface area contributed by atoms with Crippen molar-refractivity contribution in [2.45, 2.75) is 58.9 Å². The first-order valence-electron chi connectivity index (χ1n) is 6.49. The average molecular weight is 258 g/mol. The van der Waals surface area contributed by atoms with Gasteiger partial charge in [-0.2, -0.15) is 0 Å². The molecule has 0 N–H and O–H groups in total. The molecule has 17 heavy (non-hydrogen) atoms. The van der Waals surface area contributed by atoms with E-state index < -0.39 is 9.76 Å². The summed E-state index contributed by atoms with van der Waals surface area (Å²) in [5.41, 5.74) is 0. The van der Waals surface area contributed by atoms with E-state index in [1.165, 1.54) is 0 Å². The topological polar surface area (TPSA) is 26.3 Å². The Balaban J connectivity index is 0. The molecule has 0 heterocycles. The van der Waals surface area contributed by atoms with Gasteiger partial charge < -0.3 is 4.43 Å². The molecule has 0 fully saturated rings. The van der Waals surface area contributed by atoms with Crippen LogP contribution in [0.4, 0.5) is 0 Å². The normalized spacial score (nSPS) is 11.6. The smallest absolute Gasteiger partial charge is 0.168 e. The first kappa shape index (κ1) is 18.9. The van der Waals surface area contributed by atoms with Crippen LogP contribution >= 0.6 is 0 Å². The molecule has 0 aromatic rings. The zero-order chi connectivity index (χ0) is 13.9. The molecule has 0 radical (unpaired) electrons. The van der Waals surface area contributed by atoms with Crippen LogP contribution in [-0.2, 0) is 9.22 Å². The zero-order valence-corrected chi connectivity index (χ0v) is 13.8. The molecule has 2 nitrogen and oxygen atoms in total. The molecule has 0 aliphatic rings. The van der Waals surface area contributed by atoms with Crippen molar-refractivity contribution < 1.29 is 9.22 Å². The van der Waals surface area contributed by atoms with Crippen LogP contribution < -0.4 is 0 Å². The Hall–Kier alpha value is -0.413. The van der Waals surface area contributed by atoms with Gasteiger partial charge in [0.25, 0.3) is 0 Å². The molecule has 102 valence electrons. The highest BCUT2D eigenvalue weighted by Crippen LogP contribution is 2.32. The van der Waals surface area contributed by atoms with Crippen LogP contribution in [0.5, 0.6) is 0 Å². The molecule has 0 unspecified atom stereocenters. The molecule has 0 aliphatic heterocycles. The van der Waals surface area contributed by atoms with Gasteiger partial charge in [-0.3, -0.25) is 4.79 Å². The van der Waals surface area contributed by atoms with Crippen LogP contribution in [0.2, 0.25) is 5.04 Å². The second kappa shape index (κ2) is 10.7. The molecular formula is C14H30O2Si. The third-order valence-corrected chi connectivity index (χ3v) is 5.08. The second-order valence-electron chi connectivity index (χ2n) is 5.28. The quantitative estimate of drug-likeness (QED) is 0.492. The van der Waals surface area contributed by atoms with E-state index >= 15 is 0 Å². The van der Waals surface area contributed by atoms with Gasteiger partial charge in [0.05, 0.1) is 6.61 Å². The molecule has 0 aromatic heterocycles. The lowest BCUT2D eigenvalue weighted by molar-refractivity contribution is -0.121. The van der Waals surface area contributed by atoms with Crippen molar-refractivity contribution in [1.82, 2.24) is 0 Å². The first-order valence-corrected chi connectivity index (χ1v) is 7.78. The second-order valence-corrected chi connectivity index (χ2v) is 7.80. The van der Waals surface area contributed by atoms with Crippen LogP contribution in [0.15, 0.2) is 13.2 Å². The van der Waals surface area contributed by atoms with E-state index in [-0.39, 0.29) is 5.78 Å². The van der Waals surface area contributed by atoms with E-state index in [2.05, 4.69) is 47.8 Å². The maximum Gasteiger partial charge on any atom is 0.168 e. The summed E-state index contributed by atoms with van der Waals surface area (Å²) in [7, 11) is -0.595. The van der Waals surface area contributed by atoms with Crippen LogP contribution in [0.3, 0.4) is 0 Å². The average Bonchev–Trinajstić information content (AvgIpc) is 2.28. The first-order chi connectivity index (χ1) is 7.90. The summed E-state index contributed by atoms with van der Waals surface area (Å²) in [6, 6.07) is 0. The Labute approximate surface area is 110 Å². The fraction of sp³-hybridized carbons (Fsp3) is 0.786. The van der Waals surface area contributed by atoms with Gasteiger partial charge in [0.1, 0.15) is 0 Å². The lowest BCUT2D eigenvalue weighted by Gasteiger charge is -2.27. The van der Waals surface area contributed by atoms with Gasteiger partial charge >= 0.3 is 0 Å². The van der Waals surface area contributed by atoms with E-state index in [9.17, 15) is 4.79 Å². The van der Waals surface area contributed by atoms with Crippen molar-refractivity contribution >= 4 is 15.5 Å². The molecule has 3 heteroatoms. The monoisotopic (exact) mass is 258 g/mol. The fourth-order valence-corrected chi connectivity index (χ4v) is 2.23. The predicted octanol–water partition coefficient (Wildman–Crippen LogP) is 3.50. The zero-order valence-electron chi connectivity index (χ0n) is 12.3. The predicted molar refractivity (Wildman–Crippen MR) is 79.2 cm³/mol. The number of ketones is 1. The molecule has 0 saturated carbocycles. The van der Waals surface area contributed by atoms with Gasteiger partial charge in [-0.25, -0.2) is 0 Å². The highest BCUT2D eigenvalue weighted by atomic mass is 28.2. The van der Waals surface area contributed by atoms with Crippen LogP contribution in [0.1, 0.15) is 53.9 Å². The van der Waals surface area contributed by atoms with Crippen molar-refractivity contribution in [2.24, 2.45) is 5.92 Å². The van der Waals surface area contributed by atoms with Crippen molar-refractivity contribution in [2.75, 3.05) is 6.61 Å². The van der Waals surface area contributed by atoms with Crippen LogP contribution in [0, 0.1) is 5.92 Å². The molecule has 0 spiro atoms. The van der Waals surface area contributed by atoms with Gasteiger partial charge in [0, 0.05) is 6.42 Å². The van der Waals surface area contributed by atoms with Gasteiger partial charge in [-0.1, -0.05) is 41.0 Å². The lowest BCUT2D eigenvalue weighted by atomic mass is 9.99. The largest absolute Gasteiger partial charge is 0.416 e. The Morgan fingerprint density at radius 3 is 2.29 bits per heavy atom. The summed E-state index contributed by atoms with van der Waals surface area (Å²) < 4.78 is 5.61. The van der Waals surface area contributed by atoms with Gasteiger partial charge in [0.15, 0.2) is 15.5 Å². The van der Waals surface area contributed by atoms with Crippen LogP contribution in [-0.4, -0.2) is 22.2 Å². The van der Waals surface area contributed by atoms with E-state index in [0.29, 0.717) is 24.0 Å². The summed E-state index contributed by atoms with van der Waals surface area (Å²) in [6.07, 6.45) is 2.77. The number of Topliss-reactive ketones (excluding diaryl/α,β-unsaturated/α-hetero) is 1. The van der Waals surface area contributed by atoms with E-state index in [1.807, 2.05) is 0 Å². The third-order valence-electron chi connectivity index (χ3n) is 3.11. The van der Waals surface area contributed by atoms with E-state index in [0.717, 1.165) is 12.8 Å². The maximum atomic E-state index is 11.4. The molecular weight excluding hydrogens is 228 g/mol. The standard InChI is InChI=1S/C12H26O2Si.C2H4/c1-6-7-8-11(13)9-14-15-12(4,5)10(2)3;1-2/h10H,6-9,15H2,1-5H3;1-2H2. The summed E-state index contributed by atoms with van der Waals surface area (Å²) in [4.78, 5) is 11.4. The van der Waals surface area contributed by atoms with E-state index in [1.54, 1.807) is 0 Å². The number of hydrogen-bond donors (Lipinski definition) is 0. The lowest BCUT2D eigenvalue weighted by Crippen LogP contribution is -2.24. The van der Waals surface area contributed by atoms with Crippen molar-refractivity contribution in [3.63, 3.8) is 0 Å². The maximum absolute atomic E-state index is 11.4. The minimum atomic E-state index is -0.595. The highest BCUT2D eigenvalue weighted by Gasteiger charge is 2.23. The van der Waals surface area contributed by atoms with Gasteiger partial charge in [0.2, 0.25) is 0 Å². The molecule has 0 aromatic carbocycles. The molecule has 0 amide bonds. The van der Waals surface area contributed by atoms with Crippen molar-refractivity contribution in [3.8, 4) is 0 Å². The minimum Gasteiger partial charge on any atom is -0.416 e. The van der Waals surface area contributed by atoms with Gasteiger partial charge in [-0.05, 0) is 17.4 Å². The molecule has 0 aliphatic carbocycles. The Morgan fingerprint density at radius 1 is 1.35 bits per heavy atom. The third kappa shape index (κ3) is 10.5. The Morgan fingerprint density at radius 2 is 1.88 bits per heavy atom. The van der Waals surface area contributed by atoms with Crippen LogP contribution in [0.25, 0.3) is 0 Å². The summed E-state index contributed by atoms with van der Waals surface area (Å²) in [5, 5.41) is 0.297. The van der Waals surface area contributed by atoms with Gasteiger partial charge in [-0.15, -0.1) is 13.2 Å². The number of hydrogen-bond acceptors (Lipinski definition) is 2. The summed E-state index contributed by atoms with van der Waals surface area (Å²) in [5.74, 6) is 0.902. The SMILES string of the molecule is C=C.CCCCC(=O)CO[SiH2]C(C)(C)C(C)C. The summed E-state index contributed by atoms with van der Waals surface area (Å²) in [6.45, 7) is 17.4. The fourth-order valence-electron chi connectivity index (χ4n) is 1.04. The number of unbranched alkanes of at least 4 members (excludes halogenated alkanes) is 1. The molecule has 0 atom stereocenters. The Kier molecular flexibility index (Phi) is 11.9.